The molecule has 5 nitrogen and oxygen atoms in total. The fourth-order valence-corrected chi connectivity index (χ4v) is 0.857. The number of aromatic nitrogens is 2. The van der Waals surface area contributed by atoms with E-state index < -0.39 is 10.9 Å². The van der Waals surface area contributed by atoms with E-state index in [9.17, 15) is 10.1 Å². The van der Waals surface area contributed by atoms with Gasteiger partial charge < -0.3 is 10.1 Å². The Balaban J connectivity index is 3.15. The zero-order valence-corrected chi connectivity index (χ0v) is 6.00. The molecule has 7 heteroatoms. The van der Waals surface area contributed by atoms with Crippen molar-refractivity contribution >= 4 is 29.3 Å². The molecule has 0 aliphatic carbocycles. The van der Waals surface area contributed by atoms with Crippen molar-refractivity contribution in [2.45, 2.75) is 0 Å². The van der Waals surface area contributed by atoms with Crippen molar-refractivity contribution in [3.05, 3.63) is 21.5 Å². The van der Waals surface area contributed by atoms with Crippen LogP contribution in [0.3, 0.4) is 0 Å². The van der Waals surface area contributed by atoms with Gasteiger partial charge in [0.15, 0.2) is 0 Å². The zero-order chi connectivity index (χ0) is 7.72. The summed E-state index contributed by atoms with van der Waals surface area (Å²) in [5.41, 5.74) is 0. The first kappa shape index (κ1) is 7.30. The summed E-state index contributed by atoms with van der Waals surface area (Å²) in [5, 5.41) is 10.0. The Bertz CT molecular complexity index is 271. The molecule has 1 rings (SSSR count). The first-order chi connectivity index (χ1) is 4.61. The summed E-state index contributed by atoms with van der Waals surface area (Å²) in [5.74, 6) is -0.480. The largest absolute Gasteiger partial charge is 0.453 e. The predicted molar refractivity (Wildman–Crippen MR) is 35.1 cm³/mol. The van der Waals surface area contributed by atoms with Gasteiger partial charge in [-0.3, -0.25) is 0 Å². The predicted octanol–water partition coefficient (Wildman–Crippen LogP) is 1.45. The van der Waals surface area contributed by atoms with Gasteiger partial charge in [0.1, 0.15) is 18.0 Å². The van der Waals surface area contributed by atoms with Gasteiger partial charge >= 0.3 is 5.95 Å². The standard InChI is InChI=1S/C3HCl2N3O2/c4-2-1-7(5)3(6-2)8(9)10/h1H. The lowest BCUT2D eigenvalue weighted by molar-refractivity contribution is -0.394. The minimum Gasteiger partial charge on any atom is -0.390 e. The van der Waals surface area contributed by atoms with E-state index in [0.29, 0.717) is 0 Å². The van der Waals surface area contributed by atoms with E-state index in [4.69, 9.17) is 23.4 Å². The summed E-state index contributed by atoms with van der Waals surface area (Å²) in [6.45, 7) is 0. The Hall–Kier alpha value is -0.810. The number of imidazole rings is 1. The zero-order valence-electron chi connectivity index (χ0n) is 4.49. The molecule has 0 aliphatic rings. The van der Waals surface area contributed by atoms with Gasteiger partial charge in [0.25, 0.3) is 0 Å². The summed E-state index contributed by atoms with van der Waals surface area (Å²) in [4.78, 5) is 12.6. The highest BCUT2D eigenvalue weighted by atomic mass is 35.5. The minimum atomic E-state index is -0.723. The lowest BCUT2D eigenvalue weighted by Gasteiger charge is -1.87. The maximum atomic E-state index is 10.0. The van der Waals surface area contributed by atoms with Crippen LogP contribution in [0.15, 0.2) is 6.20 Å². The van der Waals surface area contributed by atoms with Crippen LogP contribution in [0.2, 0.25) is 5.15 Å². The molecule has 0 fully saturated rings. The normalized spacial score (nSPS) is 9.80. The molecule has 0 unspecified atom stereocenters. The van der Waals surface area contributed by atoms with Crippen LogP contribution in [-0.4, -0.2) is 14.0 Å². The maximum absolute atomic E-state index is 10.0. The summed E-state index contributed by atoms with van der Waals surface area (Å²) in [6, 6.07) is 0. The van der Waals surface area contributed by atoms with Crippen LogP contribution < -0.4 is 0 Å². The summed E-state index contributed by atoms with van der Waals surface area (Å²) in [6.07, 6.45) is 1.14. The van der Waals surface area contributed by atoms with E-state index in [1.165, 1.54) is 0 Å². The van der Waals surface area contributed by atoms with Crippen molar-refractivity contribution in [3.63, 3.8) is 0 Å². The molecule has 0 spiro atoms. The smallest absolute Gasteiger partial charge is 0.390 e. The molecule has 0 N–H and O–H groups in total. The second-order valence-corrected chi connectivity index (χ2v) is 2.18. The van der Waals surface area contributed by atoms with Crippen molar-refractivity contribution in [2.75, 3.05) is 0 Å². The van der Waals surface area contributed by atoms with Crippen LogP contribution in [0.25, 0.3) is 0 Å². The SMILES string of the molecule is O=[N+]([O-])c1nc(Cl)cn1Cl. The van der Waals surface area contributed by atoms with Gasteiger partial charge in [0.05, 0.1) is 0 Å². The molecule has 1 heterocycles. The molecule has 0 aromatic carbocycles. The molecule has 0 amide bonds. The first-order valence-electron chi connectivity index (χ1n) is 2.16. The van der Waals surface area contributed by atoms with Crippen LogP contribution in [-0.2, 0) is 0 Å². The Kier molecular flexibility index (Phi) is 1.78. The number of hydrogen-bond acceptors (Lipinski definition) is 3. The molecular weight excluding hydrogens is 181 g/mol. The molecule has 54 valence electrons. The fourth-order valence-electron chi connectivity index (χ4n) is 0.442. The van der Waals surface area contributed by atoms with Gasteiger partial charge in [0.2, 0.25) is 5.15 Å². The quantitative estimate of drug-likeness (QED) is 0.487. The van der Waals surface area contributed by atoms with Crippen LogP contribution in [0.4, 0.5) is 5.95 Å². The summed E-state index contributed by atoms with van der Waals surface area (Å²) < 4.78 is 0.725. The van der Waals surface area contributed by atoms with Crippen molar-refractivity contribution in [3.8, 4) is 0 Å². The highest BCUT2D eigenvalue weighted by Gasteiger charge is 2.16. The molecule has 0 bridgehead atoms. The van der Waals surface area contributed by atoms with Gasteiger partial charge in [-0.05, 0) is 16.5 Å². The van der Waals surface area contributed by atoms with E-state index in [1.54, 1.807) is 0 Å². The van der Waals surface area contributed by atoms with Crippen molar-refractivity contribution in [1.29, 1.82) is 0 Å². The minimum absolute atomic E-state index is 0.00157. The Morgan fingerprint density at radius 1 is 1.80 bits per heavy atom. The second-order valence-electron chi connectivity index (χ2n) is 1.43. The number of rotatable bonds is 1. The van der Waals surface area contributed by atoms with Crippen LogP contribution in [0, 0.1) is 10.1 Å². The average molecular weight is 182 g/mol. The van der Waals surface area contributed by atoms with Crippen molar-refractivity contribution < 1.29 is 4.92 Å². The lowest BCUT2D eigenvalue weighted by atomic mass is 11.0. The van der Waals surface area contributed by atoms with Crippen LogP contribution in [0.1, 0.15) is 0 Å². The van der Waals surface area contributed by atoms with E-state index in [0.717, 1.165) is 10.3 Å². The average Bonchev–Trinajstić information content (AvgIpc) is 2.10. The highest BCUT2D eigenvalue weighted by molar-refractivity contribution is 6.30. The second kappa shape index (κ2) is 2.43. The Labute approximate surface area is 65.4 Å². The molecule has 1 aromatic heterocycles. The van der Waals surface area contributed by atoms with Crippen molar-refractivity contribution in [1.82, 2.24) is 9.07 Å². The molecule has 1 aromatic rings. The summed E-state index contributed by atoms with van der Waals surface area (Å²) >= 11 is 10.6. The van der Waals surface area contributed by atoms with Gasteiger partial charge in [-0.1, -0.05) is 4.98 Å². The molecule has 0 radical (unpaired) electrons. The molecule has 0 aliphatic heterocycles. The van der Waals surface area contributed by atoms with Crippen LogP contribution >= 0.6 is 23.4 Å². The highest BCUT2D eigenvalue weighted by Crippen LogP contribution is 2.15. The van der Waals surface area contributed by atoms with E-state index in [-0.39, 0.29) is 5.15 Å². The number of nitrogens with zero attached hydrogens (tertiary/aromatic N) is 3. The summed E-state index contributed by atoms with van der Waals surface area (Å²) in [7, 11) is 0. The molecule has 0 atom stereocenters. The van der Waals surface area contributed by atoms with Gasteiger partial charge in [0, 0.05) is 0 Å². The van der Waals surface area contributed by atoms with Gasteiger partial charge in [-0.25, -0.2) is 0 Å². The van der Waals surface area contributed by atoms with Gasteiger partial charge in [-0.15, -0.1) is 4.09 Å². The third-order valence-corrected chi connectivity index (χ3v) is 1.21. The monoisotopic (exact) mass is 181 g/mol. The molecule has 0 saturated heterocycles. The lowest BCUT2D eigenvalue weighted by Crippen LogP contribution is -1.93. The first-order valence-corrected chi connectivity index (χ1v) is 2.88. The fraction of sp³-hybridized carbons (Fsp3) is 0. The topological polar surface area (TPSA) is 61.0 Å². The van der Waals surface area contributed by atoms with Crippen LogP contribution in [0.5, 0.6) is 0 Å². The number of nitro groups is 1. The van der Waals surface area contributed by atoms with E-state index in [2.05, 4.69) is 4.98 Å². The third kappa shape index (κ3) is 1.19. The Morgan fingerprint density at radius 2 is 2.40 bits per heavy atom. The van der Waals surface area contributed by atoms with E-state index in [1.807, 2.05) is 0 Å². The molecule has 0 saturated carbocycles. The van der Waals surface area contributed by atoms with Crippen molar-refractivity contribution in [2.24, 2.45) is 0 Å². The van der Waals surface area contributed by atoms with Gasteiger partial charge in [-0.2, -0.15) is 0 Å². The molecule has 10 heavy (non-hydrogen) atoms. The number of halogens is 2. The molecular formula is C3HCl2N3O2. The third-order valence-electron chi connectivity index (χ3n) is 0.781. The Morgan fingerprint density at radius 3 is 2.60 bits per heavy atom. The van der Waals surface area contributed by atoms with E-state index >= 15 is 0 Å². The maximum Gasteiger partial charge on any atom is 0.453 e. The number of hydrogen-bond donors (Lipinski definition) is 0.